The van der Waals surface area contributed by atoms with Crippen LogP contribution in [-0.4, -0.2) is 17.1 Å². The topological polar surface area (TPSA) is 35.0 Å². The molecule has 0 N–H and O–H groups in total. The average Bonchev–Trinajstić information content (AvgIpc) is 2.39. The fraction of sp³-hybridized carbons (Fsp3) is 0.167. The summed E-state index contributed by atoms with van der Waals surface area (Å²) in [5, 5.41) is 0. The molecular weight excluding hydrogens is 243 g/mol. The third kappa shape index (κ3) is 2.53. The van der Waals surface area contributed by atoms with E-state index in [0.717, 1.165) is 0 Å². The standard InChI is InChI=1S/C12H10ClFN2O/c1-17-11-3-2-8(14)6-9(11)10-4-5-15-12(7-13)16-10/h2-6H,7H2,1H3. The molecule has 3 nitrogen and oxygen atoms in total. The molecule has 1 aromatic heterocycles. The molecule has 0 fully saturated rings. The van der Waals surface area contributed by atoms with Crippen molar-refractivity contribution in [3.8, 4) is 17.0 Å². The summed E-state index contributed by atoms with van der Waals surface area (Å²) in [6.07, 6.45) is 1.59. The number of nitrogens with zero attached hydrogens (tertiary/aromatic N) is 2. The molecule has 0 atom stereocenters. The summed E-state index contributed by atoms with van der Waals surface area (Å²) >= 11 is 5.66. The van der Waals surface area contributed by atoms with E-state index in [4.69, 9.17) is 16.3 Å². The lowest BCUT2D eigenvalue weighted by Gasteiger charge is -2.08. The first-order valence-corrected chi connectivity index (χ1v) is 5.50. The second-order valence-electron chi connectivity index (χ2n) is 3.34. The van der Waals surface area contributed by atoms with E-state index in [1.807, 2.05) is 0 Å². The first-order valence-electron chi connectivity index (χ1n) is 4.96. The number of benzene rings is 1. The Balaban J connectivity index is 2.54. The van der Waals surface area contributed by atoms with Gasteiger partial charge in [-0.25, -0.2) is 14.4 Å². The lowest BCUT2D eigenvalue weighted by molar-refractivity contribution is 0.415. The summed E-state index contributed by atoms with van der Waals surface area (Å²) in [6, 6.07) is 5.96. The van der Waals surface area contributed by atoms with Gasteiger partial charge < -0.3 is 4.74 Å². The first kappa shape index (κ1) is 11.8. The van der Waals surface area contributed by atoms with Gasteiger partial charge in [0, 0.05) is 11.8 Å². The summed E-state index contributed by atoms with van der Waals surface area (Å²) in [6.45, 7) is 0. The van der Waals surface area contributed by atoms with E-state index in [1.54, 1.807) is 18.3 Å². The molecule has 0 saturated carbocycles. The molecule has 17 heavy (non-hydrogen) atoms. The number of methoxy groups -OCH3 is 1. The Bertz CT molecular complexity index is 534. The highest BCUT2D eigenvalue weighted by atomic mass is 35.5. The molecule has 88 valence electrons. The van der Waals surface area contributed by atoms with Gasteiger partial charge in [-0.15, -0.1) is 11.6 Å². The van der Waals surface area contributed by atoms with E-state index in [9.17, 15) is 4.39 Å². The lowest BCUT2D eigenvalue weighted by Crippen LogP contribution is -1.95. The van der Waals surface area contributed by atoms with Crippen LogP contribution in [-0.2, 0) is 5.88 Å². The normalized spacial score (nSPS) is 10.3. The number of alkyl halides is 1. The maximum absolute atomic E-state index is 13.2. The molecular formula is C12H10ClFN2O. The van der Waals surface area contributed by atoms with Gasteiger partial charge in [0.1, 0.15) is 17.4 Å². The minimum Gasteiger partial charge on any atom is -0.496 e. The highest BCUT2D eigenvalue weighted by Crippen LogP contribution is 2.29. The Labute approximate surface area is 103 Å². The van der Waals surface area contributed by atoms with Gasteiger partial charge in [0.05, 0.1) is 18.7 Å². The van der Waals surface area contributed by atoms with Gasteiger partial charge in [-0.3, -0.25) is 0 Å². The SMILES string of the molecule is COc1ccc(F)cc1-c1ccnc(CCl)n1. The molecule has 1 heterocycles. The van der Waals surface area contributed by atoms with Crippen molar-refractivity contribution in [3.63, 3.8) is 0 Å². The Kier molecular flexibility index (Phi) is 3.54. The Morgan fingerprint density at radius 3 is 2.88 bits per heavy atom. The minimum atomic E-state index is -0.341. The fourth-order valence-electron chi connectivity index (χ4n) is 1.49. The van der Waals surface area contributed by atoms with Crippen molar-refractivity contribution in [2.45, 2.75) is 5.88 Å². The Morgan fingerprint density at radius 1 is 1.35 bits per heavy atom. The molecule has 0 spiro atoms. The van der Waals surface area contributed by atoms with Gasteiger partial charge in [0.25, 0.3) is 0 Å². The quantitative estimate of drug-likeness (QED) is 0.788. The Morgan fingerprint density at radius 2 is 2.18 bits per heavy atom. The van der Waals surface area contributed by atoms with Crippen LogP contribution >= 0.6 is 11.6 Å². The van der Waals surface area contributed by atoms with Gasteiger partial charge in [0.2, 0.25) is 0 Å². The predicted molar refractivity (Wildman–Crippen MR) is 63.5 cm³/mol. The molecule has 2 rings (SSSR count). The molecule has 5 heteroatoms. The Hall–Kier alpha value is -1.68. The van der Waals surface area contributed by atoms with Crippen molar-refractivity contribution < 1.29 is 9.13 Å². The number of hydrogen-bond donors (Lipinski definition) is 0. The zero-order valence-electron chi connectivity index (χ0n) is 9.15. The third-order valence-corrected chi connectivity index (χ3v) is 2.50. The van der Waals surface area contributed by atoms with Gasteiger partial charge in [-0.05, 0) is 24.3 Å². The summed E-state index contributed by atoms with van der Waals surface area (Å²) in [4.78, 5) is 8.21. The van der Waals surface area contributed by atoms with Crippen molar-refractivity contribution >= 4 is 11.6 Å². The molecule has 0 bridgehead atoms. The van der Waals surface area contributed by atoms with Gasteiger partial charge in [0.15, 0.2) is 0 Å². The van der Waals surface area contributed by atoms with Crippen LogP contribution < -0.4 is 4.74 Å². The highest BCUT2D eigenvalue weighted by molar-refractivity contribution is 6.16. The van der Waals surface area contributed by atoms with Crippen LogP contribution in [0.4, 0.5) is 4.39 Å². The number of rotatable bonds is 3. The average molecular weight is 253 g/mol. The van der Waals surface area contributed by atoms with Crippen LogP contribution in [0.1, 0.15) is 5.82 Å². The molecule has 0 saturated heterocycles. The predicted octanol–water partition coefficient (Wildman–Crippen LogP) is 3.03. The number of halogens is 2. The fourth-order valence-corrected chi connectivity index (χ4v) is 1.62. The van der Waals surface area contributed by atoms with E-state index >= 15 is 0 Å². The maximum Gasteiger partial charge on any atom is 0.143 e. The summed E-state index contributed by atoms with van der Waals surface area (Å²) in [5.74, 6) is 0.929. The van der Waals surface area contributed by atoms with Crippen LogP contribution in [0.3, 0.4) is 0 Å². The van der Waals surface area contributed by atoms with Gasteiger partial charge in [-0.2, -0.15) is 0 Å². The van der Waals surface area contributed by atoms with E-state index in [-0.39, 0.29) is 11.7 Å². The molecule has 0 aliphatic carbocycles. The summed E-state index contributed by atoms with van der Waals surface area (Å²) in [5.41, 5.74) is 1.17. The smallest absolute Gasteiger partial charge is 0.143 e. The molecule has 0 unspecified atom stereocenters. The van der Waals surface area contributed by atoms with E-state index in [1.165, 1.54) is 19.2 Å². The summed E-state index contributed by atoms with van der Waals surface area (Å²) in [7, 11) is 1.53. The van der Waals surface area contributed by atoms with Gasteiger partial charge in [-0.1, -0.05) is 0 Å². The third-order valence-electron chi connectivity index (χ3n) is 2.26. The van der Waals surface area contributed by atoms with Crippen LogP contribution in [0.25, 0.3) is 11.3 Å². The van der Waals surface area contributed by atoms with E-state index in [2.05, 4.69) is 9.97 Å². The van der Waals surface area contributed by atoms with Crippen molar-refractivity contribution in [3.05, 3.63) is 42.1 Å². The lowest BCUT2D eigenvalue weighted by atomic mass is 10.1. The second kappa shape index (κ2) is 5.10. The first-order chi connectivity index (χ1) is 8.24. The second-order valence-corrected chi connectivity index (χ2v) is 3.60. The minimum absolute atomic E-state index is 0.214. The van der Waals surface area contributed by atoms with Crippen LogP contribution in [0.5, 0.6) is 5.75 Å². The number of aromatic nitrogens is 2. The zero-order valence-corrected chi connectivity index (χ0v) is 9.91. The molecule has 0 amide bonds. The summed E-state index contributed by atoms with van der Waals surface area (Å²) < 4.78 is 18.4. The largest absolute Gasteiger partial charge is 0.496 e. The molecule has 1 aromatic carbocycles. The van der Waals surface area contributed by atoms with Crippen molar-refractivity contribution in [2.75, 3.05) is 7.11 Å². The highest BCUT2D eigenvalue weighted by Gasteiger charge is 2.09. The van der Waals surface area contributed by atoms with E-state index < -0.39 is 0 Å². The van der Waals surface area contributed by atoms with E-state index in [0.29, 0.717) is 22.8 Å². The number of ether oxygens (including phenoxy) is 1. The van der Waals surface area contributed by atoms with Crippen molar-refractivity contribution in [2.24, 2.45) is 0 Å². The van der Waals surface area contributed by atoms with Crippen LogP contribution in [0, 0.1) is 5.82 Å². The molecule has 0 aliphatic heterocycles. The maximum atomic E-state index is 13.2. The molecule has 2 aromatic rings. The monoisotopic (exact) mass is 252 g/mol. The van der Waals surface area contributed by atoms with Crippen LogP contribution in [0.2, 0.25) is 0 Å². The van der Waals surface area contributed by atoms with Gasteiger partial charge >= 0.3 is 0 Å². The number of hydrogen-bond acceptors (Lipinski definition) is 3. The van der Waals surface area contributed by atoms with Crippen LogP contribution in [0.15, 0.2) is 30.5 Å². The molecule has 0 radical (unpaired) electrons. The molecule has 0 aliphatic rings. The zero-order chi connectivity index (χ0) is 12.3. The van der Waals surface area contributed by atoms with Crippen molar-refractivity contribution in [1.29, 1.82) is 0 Å². The van der Waals surface area contributed by atoms with Crippen molar-refractivity contribution in [1.82, 2.24) is 9.97 Å².